The standard InChI is InChI=1S/C14H19N5O2/c1-10-9-12(17-11(2)16-10)15-6-4-7-19-13(20)5-8-18(3)14(19)21/h5,8-9H,4,6-7H2,1-3H3,(H,15,16,17). The lowest BCUT2D eigenvalue weighted by atomic mass is 10.3. The van der Waals surface area contributed by atoms with Crippen LogP contribution in [-0.2, 0) is 13.6 Å². The molecule has 0 saturated heterocycles. The molecule has 1 N–H and O–H groups in total. The Morgan fingerprint density at radius 3 is 2.71 bits per heavy atom. The minimum Gasteiger partial charge on any atom is -0.370 e. The van der Waals surface area contributed by atoms with Crippen LogP contribution in [0.4, 0.5) is 5.82 Å². The van der Waals surface area contributed by atoms with E-state index in [4.69, 9.17) is 0 Å². The molecule has 21 heavy (non-hydrogen) atoms. The largest absolute Gasteiger partial charge is 0.370 e. The average molecular weight is 289 g/mol. The van der Waals surface area contributed by atoms with E-state index in [1.54, 1.807) is 7.05 Å². The van der Waals surface area contributed by atoms with Gasteiger partial charge in [0.15, 0.2) is 0 Å². The topological polar surface area (TPSA) is 81.8 Å². The number of hydrogen-bond acceptors (Lipinski definition) is 5. The summed E-state index contributed by atoms with van der Waals surface area (Å²) in [7, 11) is 1.63. The molecule has 112 valence electrons. The van der Waals surface area contributed by atoms with Gasteiger partial charge in [-0.1, -0.05) is 0 Å². The SMILES string of the molecule is Cc1cc(NCCCn2c(=O)ccn(C)c2=O)nc(C)n1. The zero-order valence-electron chi connectivity index (χ0n) is 12.5. The van der Waals surface area contributed by atoms with Crippen molar-refractivity contribution < 1.29 is 0 Å². The summed E-state index contributed by atoms with van der Waals surface area (Å²) >= 11 is 0. The molecule has 2 aromatic heterocycles. The molecule has 0 amide bonds. The van der Waals surface area contributed by atoms with Crippen LogP contribution in [0.1, 0.15) is 17.9 Å². The Kier molecular flexibility index (Phi) is 4.52. The summed E-state index contributed by atoms with van der Waals surface area (Å²) in [5, 5.41) is 3.17. The van der Waals surface area contributed by atoms with E-state index in [0.717, 1.165) is 11.5 Å². The minimum atomic E-state index is -0.295. The third kappa shape index (κ3) is 3.77. The molecule has 0 aliphatic heterocycles. The van der Waals surface area contributed by atoms with Crippen molar-refractivity contribution in [2.45, 2.75) is 26.8 Å². The molecule has 0 saturated carbocycles. The molecule has 0 spiro atoms. The lowest BCUT2D eigenvalue weighted by Crippen LogP contribution is -2.38. The molecule has 7 nitrogen and oxygen atoms in total. The van der Waals surface area contributed by atoms with Crippen LogP contribution in [0.15, 0.2) is 27.9 Å². The first-order valence-electron chi connectivity index (χ1n) is 6.80. The zero-order valence-corrected chi connectivity index (χ0v) is 12.5. The fourth-order valence-corrected chi connectivity index (χ4v) is 2.08. The van der Waals surface area contributed by atoms with Gasteiger partial charge in [-0.05, 0) is 20.3 Å². The third-order valence-corrected chi connectivity index (χ3v) is 3.07. The van der Waals surface area contributed by atoms with E-state index in [1.807, 2.05) is 19.9 Å². The summed E-state index contributed by atoms with van der Waals surface area (Å²) < 4.78 is 2.63. The second kappa shape index (κ2) is 6.34. The average Bonchev–Trinajstić information content (AvgIpc) is 2.41. The Morgan fingerprint density at radius 2 is 2.00 bits per heavy atom. The van der Waals surface area contributed by atoms with Crippen LogP contribution in [0.3, 0.4) is 0 Å². The fraction of sp³-hybridized carbons (Fsp3) is 0.429. The first-order chi connectivity index (χ1) is 9.97. The van der Waals surface area contributed by atoms with Crippen molar-refractivity contribution in [3.8, 4) is 0 Å². The maximum Gasteiger partial charge on any atom is 0.330 e. The van der Waals surface area contributed by atoms with Gasteiger partial charge in [-0.2, -0.15) is 0 Å². The predicted molar refractivity (Wildman–Crippen MR) is 80.6 cm³/mol. The second-order valence-electron chi connectivity index (χ2n) is 4.92. The van der Waals surface area contributed by atoms with Crippen molar-refractivity contribution in [3.63, 3.8) is 0 Å². The molecule has 2 rings (SSSR count). The third-order valence-electron chi connectivity index (χ3n) is 3.07. The van der Waals surface area contributed by atoms with Gasteiger partial charge in [-0.3, -0.25) is 9.36 Å². The smallest absolute Gasteiger partial charge is 0.330 e. The molecule has 0 aromatic carbocycles. The van der Waals surface area contributed by atoms with Crippen LogP contribution >= 0.6 is 0 Å². The van der Waals surface area contributed by atoms with Gasteiger partial charge >= 0.3 is 5.69 Å². The summed E-state index contributed by atoms with van der Waals surface area (Å²) in [5.41, 5.74) is 0.334. The number of hydrogen-bond donors (Lipinski definition) is 1. The maximum atomic E-state index is 11.8. The van der Waals surface area contributed by atoms with Crippen LogP contribution < -0.4 is 16.6 Å². The lowest BCUT2D eigenvalue weighted by Gasteiger charge is -2.08. The maximum absolute atomic E-state index is 11.8. The van der Waals surface area contributed by atoms with Gasteiger partial charge in [0.05, 0.1) is 0 Å². The number of aryl methyl sites for hydroxylation is 3. The van der Waals surface area contributed by atoms with Gasteiger partial charge in [0.1, 0.15) is 11.6 Å². The Hall–Kier alpha value is -2.44. The quantitative estimate of drug-likeness (QED) is 0.808. The fourth-order valence-electron chi connectivity index (χ4n) is 2.08. The summed E-state index contributed by atoms with van der Waals surface area (Å²) in [5.74, 6) is 1.47. The first kappa shape index (κ1) is 15.0. The van der Waals surface area contributed by atoms with Crippen molar-refractivity contribution in [2.75, 3.05) is 11.9 Å². The molecular formula is C14H19N5O2. The molecule has 0 unspecified atom stereocenters. The molecule has 7 heteroatoms. The van der Waals surface area contributed by atoms with Crippen molar-refractivity contribution >= 4 is 5.82 Å². The highest BCUT2D eigenvalue weighted by Crippen LogP contribution is 2.05. The highest BCUT2D eigenvalue weighted by molar-refractivity contribution is 5.35. The van der Waals surface area contributed by atoms with E-state index >= 15 is 0 Å². The monoisotopic (exact) mass is 289 g/mol. The molecule has 0 bridgehead atoms. The Labute approximate surface area is 122 Å². The molecule has 2 heterocycles. The van der Waals surface area contributed by atoms with E-state index in [-0.39, 0.29) is 11.2 Å². The summed E-state index contributed by atoms with van der Waals surface area (Å²) in [6.07, 6.45) is 2.13. The van der Waals surface area contributed by atoms with E-state index in [2.05, 4.69) is 15.3 Å². The van der Waals surface area contributed by atoms with Crippen LogP contribution in [0.25, 0.3) is 0 Å². The number of aromatic nitrogens is 4. The van der Waals surface area contributed by atoms with Crippen molar-refractivity contribution in [2.24, 2.45) is 7.05 Å². The molecule has 0 radical (unpaired) electrons. The number of anilines is 1. The van der Waals surface area contributed by atoms with Crippen LogP contribution in [0.5, 0.6) is 0 Å². The summed E-state index contributed by atoms with van der Waals surface area (Å²) in [6.45, 7) is 4.75. The Morgan fingerprint density at radius 1 is 1.24 bits per heavy atom. The predicted octanol–water partition coefficient (Wildman–Crippen LogP) is 0.456. The second-order valence-corrected chi connectivity index (χ2v) is 4.92. The molecule has 0 aliphatic carbocycles. The van der Waals surface area contributed by atoms with E-state index in [0.29, 0.717) is 25.3 Å². The molecule has 0 atom stereocenters. The highest BCUT2D eigenvalue weighted by atomic mass is 16.2. The van der Waals surface area contributed by atoms with Crippen molar-refractivity contribution in [1.82, 2.24) is 19.1 Å². The number of nitrogens with zero attached hydrogens (tertiary/aromatic N) is 4. The van der Waals surface area contributed by atoms with Crippen LogP contribution in [-0.4, -0.2) is 25.6 Å². The molecular weight excluding hydrogens is 270 g/mol. The highest BCUT2D eigenvalue weighted by Gasteiger charge is 2.03. The molecule has 0 aliphatic rings. The van der Waals surface area contributed by atoms with Gasteiger partial charge in [0.2, 0.25) is 0 Å². The number of rotatable bonds is 5. The van der Waals surface area contributed by atoms with Crippen LogP contribution in [0, 0.1) is 13.8 Å². The van der Waals surface area contributed by atoms with Crippen LogP contribution in [0.2, 0.25) is 0 Å². The summed E-state index contributed by atoms with van der Waals surface area (Å²) in [6, 6.07) is 3.26. The van der Waals surface area contributed by atoms with Gasteiger partial charge in [-0.15, -0.1) is 0 Å². The van der Waals surface area contributed by atoms with E-state index in [9.17, 15) is 9.59 Å². The minimum absolute atomic E-state index is 0.271. The lowest BCUT2D eigenvalue weighted by molar-refractivity contribution is 0.572. The van der Waals surface area contributed by atoms with E-state index < -0.39 is 0 Å². The Bertz CT molecular complexity index is 728. The Balaban J connectivity index is 1.95. The van der Waals surface area contributed by atoms with Crippen molar-refractivity contribution in [3.05, 3.63) is 50.7 Å². The molecule has 0 fully saturated rings. The normalized spacial score (nSPS) is 10.6. The van der Waals surface area contributed by atoms with Crippen molar-refractivity contribution in [1.29, 1.82) is 0 Å². The molecule has 2 aromatic rings. The summed E-state index contributed by atoms with van der Waals surface area (Å²) in [4.78, 5) is 32.0. The van der Waals surface area contributed by atoms with Gasteiger partial charge in [0, 0.05) is 44.2 Å². The van der Waals surface area contributed by atoms with Gasteiger partial charge in [0.25, 0.3) is 5.56 Å². The van der Waals surface area contributed by atoms with Gasteiger partial charge in [-0.25, -0.2) is 14.8 Å². The first-order valence-corrected chi connectivity index (χ1v) is 6.80. The van der Waals surface area contributed by atoms with E-state index in [1.165, 1.54) is 21.4 Å². The number of nitrogens with one attached hydrogen (secondary N) is 1. The zero-order chi connectivity index (χ0) is 15.4. The van der Waals surface area contributed by atoms with Gasteiger partial charge < -0.3 is 9.88 Å².